The van der Waals surface area contributed by atoms with Crippen LogP contribution >= 0.6 is 0 Å². The van der Waals surface area contributed by atoms with E-state index in [1.807, 2.05) is 13.2 Å². The van der Waals surface area contributed by atoms with Gasteiger partial charge in [-0.25, -0.2) is 0 Å². The van der Waals surface area contributed by atoms with E-state index >= 15 is 0 Å². The minimum Gasteiger partial charge on any atom is -0.387 e. The van der Waals surface area contributed by atoms with Gasteiger partial charge in [-0.1, -0.05) is 12.8 Å². The molecule has 4 nitrogen and oxygen atoms in total. The van der Waals surface area contributed by atoms with E-state index in [0.717, 1.165) is 11.5 Å². The Hall–Kier alpha value is -0.870. The number of nitrogens with zero attached hydrogens (tertiary/aromatic N) is 2. The number of aromatic nitrogens is 2. The molecule has 4 heteroatoms. The highest BCUT2D eigenvalue weighted by molar-refractivity contribution is 5.08. The van der Waals surface area contributed by atoms with Crippen molar-refractivity contribution in [3.8, 4) is 0 Å². The number of aliphatic hydroxyl groups is 1. The van der Waals surface area contributed by atoms with Crippen LogP contribution < -0.4 is 5.32 Å². The Kier molecular flexibility index (Phi) is 3.61. The van der Waals surface area contributed by atoms with E-state index < -0.39 is 6.10 Å². The fraction of sp³-hybridized carbons (Fsp3) is 0.750. The maximum atomic E-state index is 9.92. The smallest absolute Gasteiger partial charge is 0.0944 e. The third-order valence-electron chi connectivity index (χ3n) is 3.15. The van der Waals surface area contributed by atoms with E-state index in [1.165, 1.54) is 19.3 Å². The summed E-state index contributed by atoms with van der Waals surface area (Å²) in [6.45, 7) is 2.80. The molecule has 0 bridgehead atoms. The molecule has 1 aliphatic rings. The van der Waals surface area contributed by atoms with E-state index in [4.69, 9.17) is 0 Å². The maximum absolute atomic E-state index is 9.92. The molecule has 0 amide bonds. The Morgan fingerprint density at radius 3 is 2.94 bits per heavy atom. The SMILES string of the molecule is CC(CC1CC1)NCC(O)c1cnn(C)c1. The van der Waals surface area contributed by atoms with E-state index in [0.29, 0.717) is 12.6 Å². The van der Waals surface area contributed by atoms with Gasteiger partial charge in [0.05, 0.1) is 12.3 Å². The lowest BCUT2D eigenvalue weighted by atomic mass is 10.1. The first-order valence-electron chi connectivity index (χ1n) is 6.05. The van der Waals surface area contributed by atoms with Crippen LogP contribution in [0.1, 0.15) is 37.9 Å². The van der Waals surface area contributed by atoms with Crippen molar-refractivity contribution in [2.24, 2.45) is 13.0 Å². The second-order valence-electron chi connectivity index (χ2n) is 4.95. The number of aryl methyl sites for hydroxylation is 1. The molecule has 1 heterocycles. The van der Waals surface area contributed by atoms with Gasteiger partial charge in [0.1, 0.15) is 0 Å². The van der Waals surface area contributed by atoms with Crippen molar-refractivity contribution < 1.29 is 5.11 Å². The molecule has 2 atom stereocenters. The van der Waals surface area contributed by atoms with Gasteiger partial charge in [0, 0.05) is 31.4 Å². The average molecular weight is 223 g/mol. The Morgan fingerprint density at radius 1 is 1.62 bits per heavy atom. The van der Waals surface area contributed by atoms with Gasteiger partial charge in [-0.2, -0.15) is 5.10 Å². The lowest BCUT2D eigenvalue weighted by molar-refractivity contribution is 0.169. The summed E-state index contributed by atoms with van der Waals surface area (Å²) >= 11 is 0. The highest BCUT2D eigenvalue weighted by atomic mass is 16.3. The van der Waals surface area contributed by atoms with E-state index in [-0.39, 0.29) is 0 Å². The van der Waals surface area contributed by atoms with Crippen molar-refractivity contribution in [1.29, 1.82) is 0 Å². The molecule has 2 N–H and O–H groups in total. The first-order chi connectivity index (χ1) is 7.65. The molecular weight excluding hydrogens is 202 g/mol. The van der Waals surface area contributed by atoms with Crippen molar-refractivity contribution in [2.75, 3.05) is 6.54 Å². The monoisotopic (exact) mass is 223 g/mol. The van der Waals surface area contributed by atoms with Gasteiger partial charge in [-0.05, 0) is 19.3 Å². The summed E-state index contributed by atoms with van der Waals surface area (Å²) in [6, 6.07) is 0.499. The number of rotatable bonds is 6. The molecule has 90 valence electrons. The molecule has 1 aliphatic carbocycles. The summed E-state index contributed by atoms with van der Waals surface area (Å²) in [7, 11) is 1.86. The van der Waals surface area contributed by atoms with E-state index in [2.05, 4.69) is 17.3 Å². The zero-order chi connectivity index (χ0) is 11.5. The Bertz CT molecular complexity index is 333. The molecule has 0 aromatic carbocycles. The predicted molar refractivity (Wildman–Crippen MR) is 63.0 cm³/mol. The highest BCUT2D eigenvalue weighted by Gasteiger charge is 2.23. The van der Waals surface area contributed by atoms with Crippen LogP contribution in [0.4, 0.5) is 0 Å². The third kappa shape index (κ3) is 3.32. The average Bonchev–Trinajstić information content (AvgIpc) is 2.95. The molecule has 0 spiro atoms. The zero-order valence-corrected chi connectivity index (χ0v) is 10.1. The van der Waals surface area contributed by atoms with Gasteiger partial charge >= 0.3 is 0 Å². The maximum Gasteiger partial charge on any atom is 0.0944 e. The molecule has 0 saturated heterocycles. The Balaban J connectivity index is 1.71. The first-order valence-corrected chi connectivity index (χ1v) is 6.05. The summed E-state index contributed by atoms with van der Waals surface area (Å²) in [4.78, 5) is 0. The van der Waals surface area contributed by atoms with Crippen LogP contribution in [0.15, 0.2) is 12.4 Å². The molecule has 2 rings (SSSR count). The lowest BCUT2D eigenvalue weighted by Gasteiger charge is -2.16. The fourth-order valence-corrected chi connectivity index (χ4v) is 1.98. The Morgan fingerprint density at radius 2 is 2.38 bits per heavy atom. The largest absolute Gasteiger partial charge is 0.387 e. The van der Waals surface area contributed by atoms with Crippen LogP contribution in [0, 0.1) is 5.92 Å². The van der Waals surface area contributed by atoms with Crippen LogP contribution in [0.25, 0.3) is 0 Å². The Labute approximate surface area is 96.7 Å². The molecular formula is C12H21N3O. The van der Waals surface area contributed by atoms with Gasteiger partial charge in [0.15, 0.2) is 0 Å². The lowest BCUT2D eigenvalue weighted by Crippen LogP contribution is -2.30. The predicted octanol–water partition coefficient (Wildman–Crippen LogP) is 1.23. The first kappa shape index (κ1) is 11.6. The number of aliphatic hydroxyl groups excluding tert-OH is 1. The van der Waals surface area contributed by atoms with Crippen molar-refractivity contribution in [3.63, 3.8) is 0 Å². The molecule has 16 heavy (non-hydrogen) atoms. The topological polar surface area (TPSA) is 50.1 Å². The normalized spacial score (nSPS) is 19.7. The number of nitrogens with one attached hydrogen (secondary N) is 1. The molecule has 0 aliphatic heterocycles. The van der Waals surface area contributed by atoms with Crippen LogP contribution in [0.3, 0.4) is 0 Å². The molecule has 0 radical (unpaired) electrons. The van der Waals surface area contributed by atoms with Crippen molar-refractivity contribution in [1.82, 2.24) is 15.1 Å². The van der Waals surface area contributed by atoms with Crippen LogP contribution in [0.2, 0.25) is 0 Å². The molecule has 1 aromatic rings. The van der Waals surface area contributed by atoms with Crippen LogP contribution in [-0.4, -0.2) is 27.5 Å². The minimum absolute atomic E-state index is 0.449. The molecule has 1 saturated carbocycles. The minimum atomic E-state index is -0.449. The van der Waals surface area contributed by atoms with E-state index in [1.54, 1.807) is 10.9 Å². The molecule has 1 fully saturated rings. The quantitative estimate of drug-likeness (QED) is 0.762. The van der Waals surface area contributed by atoms with E-state index in [9.17, 15) is 5.11 Å². The van der Waals surface area contributed by atoms with Crippen molar-refractivity contribution >= 4 is 0 Å². The zero-order valence-electron chi connectivity index (χ0n) is 10.1. The second-order valence-corrected chi connectivity index (χ2v) is 4.95. The third-order valence-corrected chi connectivity index (χ3v) is 3.15. The van der Waals surface area contributed by atoms with Gasteiger partial charge < -0.3 is 10.4 Å². The van der Waals surface area contributed by atoms with Crippen molar-refractivity contribution in [3.05, 3.63) is 18.0 Å². The number of hydrogen-bond acceptors (Lipinski definition) is 3. The summed E-state index contributed by atoms with van der Waals surface area (Å²) in [5.74, 6) is 0.929. The standard InChI is InChI=1S/C12H21N3O/c1-9(5-10-3-4-10)13-7-12(16)11-6-14-15(2)8-11/h6,8-10,12-13,16H,3-5,7H2,1-2H3. The summed E-state index contributed by atoms with van der Waals surface area (Å²) in [6.07, 6.45) is 7.14. The summed E-state index contributed by atoms with van der Waals surface area (Å²) in [5, 5.41) is 17.3. The summed E-state index contributed by atoms with van der Waals surface area (Å²) in [5.41, 5.74) is 0.883. The van der Waals surface area contributed by atoms with Crippen LogP contribution in [-0.2, 0) is 7.05 Å². The fourth-order valence-electron chi connectivity index (χ4n) is 1.98. The van der Waals surface area contributed by atoms with Gasteiger partial charge in [0.2, 0.25) is 0 Å². The van der Waals surface area contributed by atoms with Gasteiger partial charge in [0.25, 0.3) is 0 Å². The van der Waals surface area contributed by atoms with Crippen molar-refractivity contribution in [2.45, 2.75) is 38.3 Å². The highest BCUT2D eigenvalue weighted by Crippen LogP contribution is 2.33. The van der Waals surface area contributed by atoms with Gasteiger partial charge in [-0.15, -0.1) is 0 Å². The molecule has 2 unspecified atom stereocenters. The van der Waals surface area contributed by atoms with Crippen LogP contribution in [0.5, 0.6) is 0 Å². The summed E-state index contributed by atoms with van der Waals surface area (Å²) < 4.78 is 1.71. The second kappa shape index (κ2) is 4.97. The van der Waals surface area contributed by atoms with Gasteiger partial charge in [-0.3, -0.25) is 4.68 Å². The number of hydrogen-bond donors (Lipinski definition) is 2. The molecule has 1 aromatic heterocycles.